The minimum absolute atomic E-state index is 0.0924. The molecule has 0 spiro atoms. The molecule has 0 atom stereocenters. The molecule has 6 nitrogen and oxygen atoms in total. The van der Waals surface area contributed by atoms with Crippen molar-refractivity contribution in [3.8, 4) is 0 Å². The van der Waals surface area contributed by atoms with E-state index < -0.39 is 11.9 Å². The van der Waals surface area contributed by atoms with Gasteiger partial charge in [-0.3, -0.25) is 14.3 Å². The van der Waals surface area contributed by atoms with E-state index in [1.165, 1.54) is 9.58 Å². The Morgan fingerprint density at radius 3 is 2.47 bits per heavy atom. The number of hydrogen-bond donors (Lipinski definition) is 1. The summed E-state index contributed by atoms with van der Waals surface area (Å²) in [6.45, 7) is 3.36. The number of likely N-dealkylation sites (N-methyl/N-ethyl adjacent to an activating group) is 1. The summed E-state index contributed by atoms with van der Waals surface area (Å²) in [5.74, 6) is -1.53. The average molecular weight is 260 g/mol. The van der Waals surface area contributed by atoms with Crippen molar-refractivity contribution in [2.75, 3.05) is 13.1 Å². The number of rotatable bonds is 4. The quantitative estimate of drug-likeness (QED) is 0.873. The number of carbonyl (C=O) groups excluding carboxylic acids is 1. The molecule has 0 saturated carbocycles. The SMILES string of the molecule is CCN(CC(=O)O)C(=O)c1nn(C)c(C)c1Cl. The van der Waals surface area contributed by atoms with E-state index in [0.29, 0.717) is 5.69 Å². The van der Waals surface area contributed by atoms with Crippen molar-refractivity contribution in [3.63, 3.8) is 0 Å². The van der Waals surface area contributed by atoms with Crippen LogP contribution < -0.4 is 0 Å². The van der Waals surface area contributed by atoms with E-state index in [2.05, 4.69) is 5.10 Å². The smallest absolute Gasteiger partial charge is 0.323 e. The number of halogens is 1. The van der Waals surface area contributed by atoms with Crippen LogP contribution in [0.1, 0.15) is 23.1 Å². The number of carboxylic acids is 1. The molecule has 1 rings (SSSR count). The van der Waals surface area contributed by atoms with Gasteiger partial charge < -0.3 is 10.0 Å². The predicted octanol–water partition coefficient (Wildman–Crippen LogP) is 0.929. The summed E-state index contributed by atoms with van der Waals surface area (Å²) in [5, 5.41) is 12.9. The molecule has 0 aromatic carbocycles. The lowest BCUT2D eigenvalue weighted by molar-refractivity contribution is -0.137. The lowest BCUT2D eigenvalue weighted by Gasteiger charge is -2.17. The van der Waals surface area contributed by atoms with Crippen molar-refractivity contribution in [1.82, 2.24) is 14.7 Å². The fourth-order valence-electron chi connectivity index (χ4n) is 1.36. The van der Waals surface area contributed by atoms with Crippen LogP contribution in [-0.2, 0) is 11.8 Å². The number of aliphatic carboxylic acids is 1. The van der Waals surface area contributed by atoms with Crippen molar-refractivity contribution in [2.45, 2.75) is 13.8 Å². The molecule has 1 N–H and O–H groups in total. The Bertz CT molecular complexity index is 456. The highest BCUT2D eigenvalue weighted by Gasteiger charge is 2.23. The van der Waals surface area contributed by atoms with Crippen LogP contribution in [0.15, 0.2) is 0 Å². The first kappa shape index (κ1) is 13.5. The van der Waals surface area contributed by atoms with Crippen molar-refractivity contribution < 1.29 is 14.7 Å². The van der Waals surface area contributed by atoms with Gasteiger partial charge >= 0.3 is 5.97 Å². The minimum atomic E-state index is -1.07. The molecule has 1 heterocycles. The fourth-order valence-corrected chi connectivity index (χ4v) is 1.60. The summed E-state index contributed by atoms with van der Waals surface area (Å²) < 4.78 is 1.49. The zero-order chi connectivity index (χ0) is 13.2. The summed E-state index contributed by atoms with van der Waals surface area (Å²) >= 11 is 5.97. The number of aryl methyl sites for hydroxylation is 1. The molecule has 0 aliphatic heterocycles. The molecule has 0 saturated heterocycles. The minimum Gasteiger partial charge on any atom is -0.480 e. The highest BCUT2D eigenvalue weighted by atomic mass is 35.5. The van der Waals surface area contributed by atoms with Crippen molar-refractivity contribution >= 4 is 23.5 Å². The first-order chi connectivity index (χ1) is 7.88. The largest absolute Gasteiger partial charge is 0.480 e. The van der Waals surface area contributed by atoms with Gasteiger partial charge in [-0.25, -0.2) is 0 Å². The molecule has 0 unspecified atom stereocenters. The Balaban J connectivity index is 3.02. The normalized spacial score (nSPS) is 10.4. The third-order valence-corrected chi connectivity index (χ3v) is 2.91. The third-order valence-electron chi connectivity index (χ3n) is 2.46. The van der Waals surface area contributed by atoms with Gasteiger partial charge in [-0.05, 0) is 13.8 Å². The lowest BCUT2D eigenvalue weighted by Crippen LogP contribution is -2.35. The number of carboxylic acid groups (broad SMARTS) is 1. The van der Waals surface area contributed by atoms with Crippen LogP contribution in [0.3, 0.4) is 0 Å². The molecule has 17 heavy (non-hydrogen) atoms. The predicted molar refractivity (Wildman–Crippen MR) is 62.2 cm³/mol. The van der Waals surface area contributed by atoms with Gasteiger partial charge in [0.05, 0.1) is 10.7 Å². The van der Waals surface area contributed by atoms with E-state index in [9.17, 15) is 9.59 Å². The molecular weight excluding hydrogens is 246 g/mol. The Kier molecular flexibility index (Phi) is 4.11. The molecule has 7 heteroatoms. The van der Waals surface area contributed by atoms with E-state index in [1.54, 1.807) is 20.9 Å². The summed E-state index contributed by atoms with van der Waals surface area (Å²) in [7, 11) is 1.67. The van der Waals surface area contributed by atoms with Crippen LogP contribution in [0, 0.1) is 6.92 Å². The highest BCUT2D eigenvalue weighted by Crippen LogP contribution is 2.20. The van der Waals surface area contributed by atoms with Crippen LogP contribution >= 0.6 is 11.6 Å². The molecule has 94 valence electrons. The zero-order valence-electron chi connectivity index (χ0n) is 9.90. The fraction of sp³-hybridized carbons (Fsp3) is 0.500. The molecule has 0 radical (unpaired) electrons. The maximum Gasteiger partial charge on any atom is 0.323 e. The van der Waals surface area contributed by atoms with E-state index in [-0.39, 0.29) is 23.8 Å². The maximum absolute atomic E-state index is 12.0. The Labute approximate surface area is 104 Å². The van der Waals surface area contributed by atoms with E-state index >= 15 is 0 Å². The second-order valence-corrected chi connectivity index (χ2v) is 3.96. The molecule has 0 bridgehead atoms. The number of nitrogens with zero attached hydrogens (tertiary/aromatic N) is 3. The standard InChI is InChI=1S/C10H14ClN3O3/c1-4-14(5-7(15)16)10(17)9-8(11)6(2)13(3)12-9/h4-5H2,1-3H3,(H,15,16). The molecule has 0 fully saturated rings. The number of hydrogen-bond acceptors (Lipinski definition) is 3. The topological polar surface area (TPSA) is 75.4 Å². The van der Waals surface area contributed by atoms with E-state index in [0.717, 1.165) is 0 Å². The molecule has 0 aliphatic rings. The maximum atomic E-state index is 12.0. The van der Waals surface area contributed by atoms with Crippen molar-refractivity contribution in [3.05, 3.63) is 16.4 Å². The number of amides is 1. The highest BCUT2D eigenvalue weighted by molar-refractivity contribution is 6.34. The van der Waals surface area contributed by atoms with Crippen LogP contribution in [0.25, 0.3) is 0 Å². The van der Waals surface area contributed by atoms with E-state index in [1.807, 2.05) is 0 Å². The molecular formula is C10H14ClN3O3. The first-order valence-electron chi connectivity index (χ1n) is 5.08. The molecule has 0 aliphatic carbocycles. The zero-order valence-corrected chi connectivity index (χ0v) is 10.7. The average Bonchev–Trinajstić information content (AvgIpc) is 2.52. The Morgan fingerprint density at radius 1 is 1.53 bits per heavy atom. The van der Waals surface area contributed by atoms with Crippen molar-refractivity contribution in [1.29, 1.82) is 0 Å². The van der Waals surface area contributed by atoms with Crippen molar-refractivity contribution in [2.24, 2.45) is 7.05 Å². The van der Waals surface area contributed by atoms with Gasteiger partial charge in [-0.2, -0.15) is 5.10 Å². The summed E-state index contributed by atoms with van der Waals surface area (Å²) in [6, 6.07) is 0. The van der Waals surface area contributed by atoms with Gasteiger partial charge in [0, 0.05) is 13.6 Å². The van der Waals surface area contributed by atoms with Gasteiger partial charge in [0.2, 0.25) is 0 Å². The second kappa shape index (κ2) is 5.18. The van der Waals surface area contributed by atoms with Gasteiger partial charge in [0.25, 0.3) is 5.91 Å². The summed E-state index contributed by atoms with van der Waals surface area (Å²) in [6.07, 6.45) is 0. The van der Waals surface area contributed by atoms with Crippen LogP contribution in [-0.4, -0.2) is 44.8 Å². The molecule has 1 aromatic heterocycles. The van der Waals surface area contributed by atoms with Gasteiger partial charge in [-0.15, -0.1) is 0 Å². The number of carbonyl (C=O) groups is 2. The second-order valence-electron chi connectivity index (χ2n) is 3.58. The van der Waals surface area contributed by atoms with Crippen LogP contribution in [0.4, 0.5) is 0 Å². The Morgan fingerprint density at radius 2 is 2.12 bits per heavy atom. The lowest BCUT2D eigenvalue weighted by atomic mass is 10.3. The first-order valence-corrected chi connectivity index (χ1v) is 5.46. The van der Waals surface area contributed by atoms with Crippen LogP contribution in [0.5, 0.6) is 0 Å². The van der Waals surface area contributed by atoms with Crippen LogP contribution in [0.2, 0.25) is 5.02 Å². The number of aromatic nitrogens is 2. The van der Waals surface area contributed by atoms with E-state index in [4.69, 9.17) is 16.7 Å². The van der Waals surface area contributed by atoms with Gasteiger partial charge in [0.1, 0.15) is 6.54 Å². The third kappa shape index (κ3) is 2.76. The molecule has 1 aromatic rings. The monoisotopic (exact) mass is 259 g/mol. The van der Waals surface area contributed by atoms with Gasteiger partial charge in [-0.1, -0.05) is 11.6 Å². The van der Waals surface area contributed by atoms with Gasteiger partial charge in [0.15, 0.2) is 5.69 Å². The Hall–Kier alpha value is -1.56. The summed E-state index contributed by atoms with van der Waals surface area (Å²) in [5.41, 5.74) is 0.760. The summed E-state index contributed by atoms with van der Waals surface area (Å²) in [4.78, 5) is 23.8. The molecule has 1 amide bonds.